The Balaban J connectivity index is 1.55. The number of nitrogens with zero attached hydrogens (tertiary/aromatic N) is 3. The van der Waals surface area contributed by atoms with E-state index in [2.05, 4.69) is 5.32 Å². The van der Waals surface area contributed by atoms with Gasteiger partial charge in [-0.05, 0) is 24.6 Å². The number of halogens is 2. The molecule has 1 N–H and O–H groups in total. The Bertz CT molecular complexity index is 1230. The Morgan fingerprint density at radius 3 is 2.56 bits per heavy atom. The maximum Gasteiger partial charge on any atom is 0.419 e. The SMILES string of the molecule is CN(CC(=O)Nc1c(Cl)cccc1Cl)C(=O)CCCn1c(=O)oc2cc([N+](=O)[O-])ccc21. The minimum absolute atomic E-state index is 0.0721. The first-order valence-electron chi connectivity index (χ1n) is 9.43. The summed E-state index contributed by atoms with van der Waals surface area (Å²) in [6.07, 6.45) is 0.370. The van der Waals surface area contributed by atoms with Crippen molar-refractivity contribution >= 4 is 57.5 Å². The van der Waals surface area contributed by atoms with E-state index in [-0.39, 0.29) is 52.4 Å². The molecule has 0 unspecified atom stereocenters. The second kappa shape index (κ2) is 9.84. The van der Waals surface area contributed by atoms with E-state index in [1.807, 2.05) is 0 Å². The largest absolute Gasteiger partial charge is 0.419 e. The zero-order valence-corrected chi connectivity index (χ0v) is 18.4. The first kappa shape index (κ1) is 23.3. The minimum Gasteiger partial charge on any atom is -0.407 e. The lowest BCUT2D eigenvalue weighted by atomic mass is 10.2. The molecule has 0 saturated carbocycles. The Kier molecular flexibility index (Phi) is 7.16. The summed E-state index contributed by atoms with van der Waals surface area (Å²) in [5.74, 6) is -1.44. The molecule has 0 aliphatic carbocycles. The van der Waals surface area contributed by atoms with Crippen LogP contribution >= 0.6 is 23.2 Å². The summed E-state index contributed by atoms with van der Waals surface area (Å²) in [5.41, 5.74) is 0.583. The van der Waals surface area contributed by atoms with Crippen molar-refractivity contribution < 1.29 is 18.9 Å². The lowest BCUT2D eigenvalue weighted by Gasteiger charge is -2.17. The van der Waals surface area contributed by atoms with E-state index < -0.39 is 16.6 Å². The average Bonchev–Trinajstić information content (AvgIpc) is 3.05. The number of oxazole rings is 1. The van der Waals surface area contributed by atoms with E-state index in [0.29, 0.717) is 11.9 Å². The quantitative estimate of drug-likeness (QED) is 0.386. The smallest absolute Gasteiger partial charge is 0.407 e. The number of carbonyl (C=O) groups is 2. The highest BCUT2D eigenvalue weighted by Crippen LogP contribution is 2.29. The number of hydrogen-bond donors (Lipinski definition) is 1. The number of nitro benzene ring substituents is 1. The highest BCUT2D eigenvalue weighted by molar-refractivity contribution is 6.39. The van der Waals surface area contributed by atoms with Crippen LogP contribution in [0.2, 0.25) is 10.0 Å². The maximum absolute atomic E-state index is 12.4. The van der Waals surface area contributed by atoms with Crippen molar-refractivity contribution in [1.29, 1.82) is 0 Å². The van der Waals surface area contributed by atoms with Gasteiger partial charge in [-0.3, -0.25) is 24.3 Å². The molecule has 0 atom stereocenters. The molecule has 0 fully saturated rings. The first-order chi connectivity index (χ1) is 15.2. The maximum atomic E-state index is 12.4. The Hall–Kier alpha value is -3.37. The van der Waals surface area contributed by atoms with Gasteiger partial charge in [0.1, 0.15) is 0 Å². The van der Waals surface area contributed by atoms with Crippen molar-refractivity contribution in [2.45, 2.75) is 19.4 Å². The molecule has 0 saturated heterocycles. The van der Waals surface area contributed by atoms with Crippen LogP contribution in [0, 0.1) is 10.1 Å². The number of nitro groups is 1. The monoisotopic (exact) mass is 480 g/mol. The summed E-state index contributed by atoms with van der Waals surface area (Å²) in [5, 5.41) is 14.0. The standard InChI is InChI=1S/C20H18Cl2N4O6/c1-24(11-17(27)23-19-13(21)4-2-5-14(19)22)18(28)6-3-9-25-15-8-7-12(26(30)31)10-16(15)32-20(25)29/h2,4-5,7-8,10H,3,6,9,11H2,1H3,(H,23,27). The lowest BCUT2D eigenvalue weighted by molar-refractivity contribution is -0.384. The second-order valence-corrected chi connectivity index (χ2v) is 7.74. The topological polar surface area (TPSA) is 128 Å². The number of carbonyl (C=O) groups excluding carboxylic acids is 2. The summed E-state index contributed by atoms with van der Waals surface area (Å²) in [7, 11) is 1.48. The fourth-order valence-corrected chi connectivity index (χ4v) is 3.55. The predicted molar refractivity (Wildman–Crippen MR) is 119 cm³/mol. The molecule has 0 aliphatic rings. The van der Waals surface area contributed by atoms with Gasteiger partial charge in [0, 0.05) is 26.1 Å². The van der Waals surface area contributed by atoms with Crippen LogP contribution in [0.25, 0.3) is 11.1 Å². The van der Waals surface area contributed by atoms with Crippen molar-refractivity contribution in [3.05, 3.63) is 67.1 Å². The molecular formula is C20H18Cl2N4O6. The number of amides is 2. The third-order valence-corrected chi connectivity index (χ3v) is 5.30. The van der Waals surface area contributed by atoms with Gasteiger partial charge in [0.05, 0.1) is 38.8 Å². The molecule has 0 spiro atoms. The van der Waals surface area contributed by atoms with E-state index >= 15 is 0 Å². The number of non-ortho nitro benzene ring substituents is 1. The number of hydrogen-bond acceptors (Lipinski definition) is 6. The molecule has 2 aromatic carbocycles. The molecule has 168 valence electrons. The van der Waals surface area contributed by atoms with Crippen LogP contribution in [0.4, 0.5) is 11.4 Å². The fourth-order valence-electron chi connectivity index (χ4n) is 3.06. The van der Waals surface area contributed by atoms with Crippen molar-refractivity contribution in [3.8, 4) is 0 Å². The van der Waals surface area contributed by atoms with Gasteiger partial charge in [0.15, 0.2) is 5.58 Å². The summed E-state index contributed by atoms with van der Waals surface area (Å²) >= 11 is 12.0. The Morgan fingerprint density at radius 2 is 1.91 bits per heavy atom. The van der Waals surface area contributed by atoms with Gasteiger partial charge in [-0.2, -0.15) is 0 Å². The third kappa shape index (κ3) is 5.27. The van der Waals surface area contributed by atoms with E-state index in [9.17, 15) is 24.5 Å². The van der Waals surface area contributed by atoms with E-state index in [4.69, 9.17) is 27.6 Å². The number of anilines is 1. The van der Waals surface area contributed by atoms with E-state index in [1.54, 1.807) is 18.2 Å². The van der Waals surface area contributed by atoms with Crippen LogP contribution in [0.5, 0.6) is 0 Å². The molecule has 10 nitrogen and oxygen atoms in total. The van der Waals surface area contributed by atoms with Crippen LogP contribution in [0.1, 0.15) is 12.8 Å². The van der Waals surface area contributed by atoms with Crippen LogP contribution in [0.3, 0.4) is 0 Å². The van der Waals surface area contributed by atoms with Gasteiger partial charge in [0.25, 0.3) is 5.69 Å². The highest BCUT2D eigenvalue weighted by Gasteiger charge is 2.17. The molecule has 32 heavy (non-hydrogen) atoms. The number of aryl methyl sites for hydroxylation is 1. The molecule has 1 aromatic heterocycles. The van der Waals surface area contributed by atoms with Gasteiger partial charge >= 0.3 is 5.76 Å². The number of para-hydroxylation sites is 1. The zero-order chi connectivity index (χ0) is 23.4. The number of fused-ring (bicyclic) bond motifs is 1. The number of likely N-dealkylation sites (N-methyl/N-ethyl adjacent to an activating group) is 1. The van der Waals surface area contributed by atoms with Gasteiger partial charge < -0.3 is 14.6 Å². The van der Waals surface area contributed by atoms with Crippen molar-refractivity contribution in [2.75, 3.05) is 18.9 Å². The molecule has 0 aliphatic heterocycles. The molecule has 3 aromatic rings. The minimum atomic E-state index is -0.669. The normalized spacial score (nSPS) is 10.8. The molecule has 2 amide bonds. The molecule has 0 bridgehead atoms. The Morgan fingerprint density at radius 1 is 1.22 bits per heavy atom. The molecule has 0 radical (unpaired) electrons. The second-order valence-electron chi connectivity index (χ2n) is 6.93. The highest BCUT2D eigenvalue weighted by atomic mass is 35.5. The molecular weight excluding hydrogens is 463 g/mol. The summed E-state index contributed by atoms with van der Waals surface area (Å²) in [6.45, 7) is -0.0384. The van der Waals surface area contributed by atoms with Crippen LogP contribution in [-0.4, -0.2) is 39.8 Å². The number of aromatic nitrogens is 1. The van der Waals surface area contributed by atoms with Crippen molar-refractivity contribution in [1.82, 2.24) is 9.47 Å². The fraction of sp³-hybridized carbons (Fsp3) is 0.250. The van der Waals surface area contributed by atoms with Crippen LogP contribution < -0.4 is 11.1 Å². The summed E-state index contributed by atoms with van der Waals surface area (Å²) in [6, 6.07) is 8.68. The lowest BCUT2D eigenvalue weighted by Crippen LogP contribution is -2.35. The molecule has 1 heterocycles. The predicted octanol–water partition coefficient (Wildman–Crippen LogP) is 3.69. The number of benzene rings is 2. The van der Waals surface area contributed by atoms with Gasteiger partial charge in [-0.15, -0.1) is 0 Å². The van der Waals surface area contributed by atoms with Crippen molar-refractivity contribution in [3.63, 3.8) is 0 Å². The van der Waals surface area contributed by atoms with E-state index in [0.717, 1.165) is 0 Å². The number of nitrogens with one attached hydrogen (secondary N) is 1. The van der Waals surface area contributed by atoms with Gasteiger partial charge in [-0.1, -0.05) is 29.3 Å². The van der Waals surface area contributed by atoms with Crippen molar-refractivity contribution in [2.24, 2.45) is 0 Å². The van der Waals surface area contributed by atoms with Crippen LogP contribution in [0.15, 0.2) is 45.6 Å². The average molecular weight is 481 g/mol. The Labute approximate surface area is 191 Å². The van der Waals surface area contributed by atoms with Gasteiger partial charge in [-0.25, -0.2) is 4.79 Å². The summed E-state index contributed by atoms with van der Waals surface area (Å²) in [4.78, 5) is 48.2. The van der Waals surface area contributed by atoms with Gasteiger partial charge in [0.2, 0.25) is 11.8 Å². The summed E-state index contributed by atoms with van der Waals surface area (Å²) < 4.78 is 6.36. The zero-order valence-electron chi connectivity index (χ0n) is 16.8. The first-order valence-corrected chi connectivity index (χ1v) is 10.2. The van der Waals surface area contributed by atoms with Crippen LogP contribution in [-0.2, 0) is 16.1 Å². The number of rotatable bonds is 8. The van der Waals surface area contributed by atoms with E-state index in [1.165, 1.54) is 34.7 Å². The third-order valence-electron chi connectivity index (χ3n) is 4.67. The molecule has 12 heteroatoms. The molecule has 3 rings (SSSR count).